The Kier molecular flexibility index (Phi) is 3.27. The van der Waals surface area contributed by atoms with Crippen LogP contribution in [0.5, 0.6) is 0 Å². The zero-order valence-electron chi connectivity index (χ0n) is 10.5. The Labute approximate surface area is 110 Å². The number of piperidine rings is 1. The number of hydrogen-bond acceptors (Lipinski definition) is 1. The van der Waals surface area contributed by atoms with Gasteiger partial charge in [0.15, 0.2) is 0 Å². The van der Waals surface area contributed by atoms with Crippen molar-refractivity contribution in [1.29, 1.82) is 0 Å². The first-order valence-electron chi connectivity index (χ1n) is 6.56. The SMILES string of the molecule is FC(F)(F)c1ccccc1C[N-]CC1C2CNCC12. The van der Waals surface area contributed by atoms with E-state index in [1.807, 2.05) is 0 Å². The Morgan fingerprint density at radius 3 is 2.53 bits per heavy atom. The molecule has 2 aliphatic rings. The molecule has 0 radical (unpaired) electrons. The van der Waals surface area contributed by atoms with Gasteiger partial charge < -0.3 is 10.6 Å². The highest BCUT2D eigenvalue weighted by Gasteiger charge is 2.50. The van der Waals surface area contributed by atoms with E-state index in [-0.39, 0.29) is 12.1 Å². The molecule has 0 bridgehead atoms. The number of benzene rings is 1. The number of halogens is 3. The number of fused-ring (bicyclic) bond motifs is 1. The standard InChI is InChI=1S/C14H16F3N2/c15-14(16,17)13-4-2-1-3-9(13)5-18-6-10-11-7-19-8-12(10)11/h1-4,10-12,19H,5-8H2/q-1. The first-order valence-corrected chi connectivity index (χ1v) is 6.56. The maximum atomic E-state index is 12.8. The predicted molar refractivity (Wildman–Crippen MR) is 66.7 cm³/mol. The van der Waals surface area contributed by atoms with Crippen molar-refractivity contribution < 1.29 is 13.2 Å². The largest absolute Gasteiger partial charge is 0.658 e. The smallest absolute Gasteiger partial charge is 0.416 e. The van der Waals surface area contributed by atoms with Crippen LogP contribution in [-0.2, 0) is 12.7 Å². The Morgan fingerprint density at radius 2 is 1.84 bits per heavy atom. The molecule has 1 aromatic rings. The summed E-state index contributed by atoms with van der Waals surface area (Å²) in [6, 6.07) is 5.70. The molecule has 1 aromatic carbocycles. The number of hydrogen-bond donors (Lipinski definition) is 1. The molecule has 3 rings (SSSR count). The van der Waals surface area contributed by atoms with Gasteiger partial charge in [-0.25, -0.2) is 0 Å². The van der Waals surface area contributed by atoms with Gasteiger partial charge in [-0.05, 0) is 31.0 Å². The molecule has 0 spiro atoms. The number of rotatable bonds is 4. The van der Waals surface area contributed by atoms with Gasteiger partial charge in [0, 0.05) is 0 Å². The van der Waals surface area contributed by atoms with Crippen molar-refractivity contribution in [3.63, 3.8) is 0 Å². The molecule has 1 saturated carbocycles. The third kappa shape index (κ3) is 2.62. The molecule has 2 fully saturated rings. The normalized spacial score (nSPS) is 29.3. The molecule has 19 heavy (non-hydrogen) atoms. The Morgan fingerprint density at radius 1 is 1.16 bits per heavy atom. The Hall–Kier alpha value is -1.07. The highest BCUT2D eigenvalue weighted by molar-refractivity contribution is 5.31. The lowest BCUT2D eigenvalue weighted by atomic mass is 10.1. The van der Waals surface area contributed by atoms with Crippen LogP contribution in [0.1, 0.15) is 11.1 Å². The summed E-state index contributed by atoms with van der Waals surface area (Å²) in [5.74, 6) is 2.02. The van der Waals surface area contributed by atoms with E-state index in [0.717, 1.165) is 19.2 Å². The summed E-state index contributed by atoms with van der Waals surface area (Å²) in [6.45, 7) is 2.95. The summed E-state index contributed by atoms with van der Waals surface area (Å²) >= 11 is 0. The van der Waals surface area contributed by atoms with E-state index in [9.17, 15) is 13.2 Å². The zero-order chi connectivity index (χ0) is 13.5. The Balaban J connectivity index is 1.55. The van der Waals surface area contributed by atoms with E-state index < -0.39 is 11.7 Å². The van der Waals surface area contributed by atoms with Crippen molar-refractivity contribution in [2.24, 2.45) is 17.8 Å². The van der Waals surface area contributed by atoms with E-state index >= 15 is 0 Å². The van der Waals surface area contributed by atoms with Crippen LogP contribution in [-0.4, -0.2) is 19.6 Å². The van der Waals surface area contributed by atoms with E-state index in [1.165, 1.54) is 12.1 Å². The quantitative estimate of drug-likeness (QED) is 0.893. The second kappa shape index (κ2) is 4.80. The molecule has 2 nitrogen and oxygen atoms in total. The lowest BCUT2D eigenvalue weighted by Crippen LogP contribution is -2.16. The van der Waals surface area contributed by atoms with E-state index in [2.05, 4.69) is 10.6 Å². The summed E-state index contributed by atoms with van der Waals surface area (Å²) in [6.07, 6.45) is -4.29. The lowest BCUT2D eigenvalue weighted by molar-refractivity contribution is -0.138. The number of nitrogens with zero attached hydrogens (tertiary/aromatic N) is 1. The number of nitrogens with one attached hydrogen (secondary N) is 1. The first-order chi connectivity index (χ1) is 9.07. The molecule has 1 N–H and O–H groups in total. The van der Waals surface area contributed by atoms with Gasteiger partial charge in [0.1, 0.15) is 0 Å². The number of alkyl halides is 3. The van der Waals surface area contributed by atoms with Crippen LogP contribution in [0.25, 0.3) is 5.32 Å². The van der Waals surface area contributed by atoms with Gasteiger partial charge in [0.25, 0.3) is 0 Å². The maximum absolute atomic E-state index is 12.8. The predicted octanol–water partition coefficient (Wildman–Crippen LogP) is 3.04. The lowest BCUT2D eigenvalue weighted by Gasteiger charge is -2.23. The first kappa shape index (κ1) is 12.9. The minimum Gasteiger partial charge on any atom is -0.658 e. The third-order valence-corrected chi connectivity index (χ3v) is 4.21. The zero-order valence-corrected chi connectivity index (χ0v) is 10.5. The van der Waals surface area contributed by atoms with Crippen molar-refractivity contribution in [2.75, 3.05) is 19.6 Å². The fourth-order valence-corrected chi connectivity index (χ4v) is 3.09. The summed E-state index contributed by atoms with van der Waals surface area (Å²) in [7, 11) is 0. The summed E-state index contributed by atoms with van der Waals surface area (Å²) in [5.41, 5.74) is -0.282. The minimum atomic E-state index is -4.29. The molecule has 0 aromatic heterocycles. The van der Waals surface area contributed by atoms with Gasteiger partial charge >= 0.3 is 6.18 Å². The molecule has 2 atom stereocenters. The maximum Gasteiger partial charge on any atom is 0.416 e. The highest BCUT2D eigenvalue weighted by Crippen LogP contribution is 2.49. The molecule has 0 amide bonds. The van der Waals surface area contributed by atoms with Gasteiger partial charge in [-0.1, -0.05) is 29.7 Å². The molecule has 1 aliphatic carbocycles. The van der Waals surface area contributed by atoms with Crippen LogP contribution in [0.15, 0.2) is 24.3 Å². The topological polar surface area (TPSA) is 26.1 Å². The second-order valence-electron chi connectivity index (χ2n) is 5.37. The fourth-order valence-electron chi connectivity index (χ4n) is 3.09. The molecule has 104 valence electrons. The van der Waals surface area contributed by atoms with Gasteiger partial charge in [0.05, 0.1) is 5.56 Å². The van der Waals surface area contributed by atoms with Crippen LogP contribution in [0.2, 0.25) is 0 Å². The van der Waals surface area contributed by atoms with Crippen LogP contribution < -0.4 is 5.32 Å². The van der Waals surface area contributed by atoms with Crippen LogP contribution in [0.3, 0.4) is 0 Å². The summed E-state index contributed by atoms with van der Waals surface area (Å²) in [5, 5.41) is 7.63. The molecule has 1 saturated heterocycles. The van der Waals surface area contributed by atoms with Crippen molar-refractivity contribution in [3.05, 3.63) is 40.7 Å². The highest BCUT2D eigenvalue weighted by atomic mass is 19.4. The monoisotopic (exact) mass is 269 g/mol. The van der Waals surface area contributed by atoms with E-state index in [0.29, 0.717) is 24.3 Å². The van der Waals surface area contributed by atoms with Crippen molar-refractivity contribution >= 4 is 0 Å². The van der Waals surface area contributed by atoms with Gasteiger partial charge in [-0.15, -0.1) is 13.1 Å². The van der Waals surface area contributed by atoms with E-state index in [4.69, 9.17) is 0 Å². The summed E-state index contributed by atoms with van der Waals surface area (Å²) in [4.78, 5) is 0. The van der Waals surface area contributed by atoms with Crippen LogP contribution in [0.4, 0.5) is 13.2 Å². The molecule has 5 heteroatoms. The average molecular weight is 269 g/mol. The minimum absolute atomic E-state index is 0.166. The molecule has 1 heterocycles. The second-order valence-corrected chi connectivity index (χ2v) is 5.37. The average Bonchev–Trinajstić information content (AvgIpc) is 2.82. The van der Waals surface area contributed by atoms with Crippen molar-refractivity contribution in [2.45, 2.75) is 12.7 Å². The van der Waals surface area contributed by atoms with E-state index in [1.54, 1.807) is 6.07 Å². The van der Waals surface area contributed by atoms with Gasteiger partial charge in [0.2, 0.25) is 0 Å². The molecule has 1 aliphatic heterocycles. The molecule has 2 unspecified atom stereocenters. The summed E-state index contributed by atoms with van der Waals surface area (Å²) < 4.78 is 38.4. The molecular weight excluding hydrogens is 253 g/mol. The third-order valence-electron chi connectivity index (χ3n) is 4.21. The van der Waals surface area contributed by atoms with Crippen molar-refractivity contribution in [1.82, 2.24) is 5.32 Å². The molecular formula is C14H16F3N2-. The van der Waals surface area contributed by atoms with Gasteiger partial charge in [-0.2, -0.15) is 13.2 Å². The Bertz CT molecular complexity index is 448. The fraction of sp³-hybridized carbons (Fsp3) is 0.571. The van der Waals surface area contributed by atoms with Gasteiger partial charge in [-0.3, -0.25) is 0 Å². The van der Waals surface area contributed by atoms with Crippen LogP contribution >= 0.6 is 0 Å². The van der Waals surface area contributed by atoms with Crippen LogP contribution in [0, 0.1) is 17.8 Å². The van der Waals surface area contributed by atoms with Crippen molar-refractivity contribution in [3.8, 4) is 0 Å².